The third kappa shape index (κ3) is 3.28. The van der Waals surface area contributed by atoms with E-state index in [-0.39, 0.29) is 11.8 Å². The molecule has 2 aromatic rings. The predicted octanol–water partition coefficient (Wildman–Crippen LogP) is 5.01. The Labute approximate surface area is 179 Å². The summed E-state index contributed by atoms with van der Waals surface area (Å²) < 4.78 is 34.2. The largest absolute Gasteiger partial charge is 0.496 e. The van der Waals surface area contributed by atoms with Crippen LogP contribution in [-0.2, 0) is 0 Å². The van der Waals surface area contributed by atoms with Crippen LogP contribution in [0, 0.1) is 5.92 Å². The van der Waals surface area contributed by atoms with Gasteiger partial charge in [-0.25, -0.2) is 0 Å². The smallest absolute Gasteiger partial charge is 0.165 e. The molecule has 0 bridgehead atoms. The summed E-state index contributed by atoms with van der Waals surface area (Å²) in [5, 5.41) is 0. The van der Waals surface area contributed by atoms with Gasteiger partial charge in [0.05, 0.1) is 42.7 Å². The van der Waals surface area contributed by atoms with E-state index in [0.29, 0.717) is 23.2 Å². The molecule has 6 nitrogen and oxygen atoms in total. The van der Waals surface area contributed by atoms with Gasteiger partial charge in [0.15, 0.2) is 23.0 Å². The Hall–Kier alpha value is -2.76. The molecule has 6 heteroatoms. The van der Waals surface area contributed by atoms with Crippen LogP contribution in [0.25, 0.3) is 0 Å². The van der Waals surface area contributed by atoms with E-state index < -0.39 is 0 Å². The maximum Gasteiger partial charge on any atom is 0.165 e. The fourth-order valence-corrected chi connectivity index (χ4v) is 4.94. The molecule has 0 radical (unpaired) electrons. The van der Waals surface area contributed by atoms with Gasteiger partial charge in [-0.2, -0.15) is 0 Å². The zero-order chi connectivity index (χ0) is 22.0. The van der Waals surface area contributed by atoms with Gasteiger partial charge in [0.2, 0.25) is 0 Å². The molecule has 0 fully saturated rings. The van der Waals surface area contributed by atoms with Crippen LogP contribution in [0.3, 0.4) is 0 Å². The van der Waals surface area contributed by atoms with E-state index in [0.717, 1.165) is 34.8 Å². The first kappa shape index (κ1) is 21.9. The number of hydrogen-bond acceptors (Lipinski definition) is 6. The van der Waals surface area contributed by atoms with Gasteiger partial charge in [-0.05, 0) is 24.3 Å². The summed E-state index contributed by atoms with van der Waals surface area (Å²) in [6, 6.07) is 5.80. The SMILES string of the molecule is CC[C@@H]1c2c(OC)cc(OC)c(OC)c2[C@@H](c2cc(OC)c(OC)cc2OC)[C@H]1C. The molecule has 3 rings (SSSR count). The maximum absolute atomic E-state index is 5.87. The summed E-state index contributed by atoms with van der Waals surface area (Å²) in [7, 11) is 9.95. The number of fused-ring (bicyclic) bond motifs is 1. The lowest BCUT2D eigenvalue weighted by molar-refractivity contribution is 0.340. The monoisotopic (exact) mass is 416 g/mol. The van der Waals surface area contributed by atoms with Crippen molar-refractivity contribution in [2.75, 3.05) is 42.7 Å². The van der Waals surface area contributed by atoms with Gasteiger partial charge >= 0.3 is 0 Å². The Balaban J connectivity index is 2.37. The van der Waals surface area contributed by atoms with Gasteiger partial charge in [0, 0.05) is 34.7 Å². The van der Waals surface area contributed by atoms with Crippen LogP contribution >= 0.6 is 0 Å². The zero-order valence-electron chi connectivity index (χ0n) is 19.1. The molecular formula is C24H32O6. The summed E-state index contributed by atoms with van der Waals surface area (Å²) in [5.74, 6) is 4.85. The third-order valence-corrected chi connectivity index (χ3v) is 6.28. The summed E-state index contributed by atoms with van der Waals surface area (Å²) >= 11 is 0. The fourth-order valence-electron chi connectivity index (χ4n) is 4.94. The lowest BCUT2D eigenvalue weighted by atomic mass is 9.82. The van der Waals surface area contributed by atoms with Gasteiger partial charge in [-0.3, -0.25) is 0 Å². The second-order valence-corrected chi connectivity index (χ2v) is 7.44. The van der Waals surface area contributed by atoms with Crippen LogP contribution in [0.4, 0.5) is 0 Å². The zero-order valence-corrected chi connectivity index (χ0v) is 19.1. The highest BCUT2D eigenvalue weighted by atomic mass is 16.5. The number of ether oxygens (including phenoxy) is 6. The Morgan fingerprint density at radius 2 is 1.17 bits per heavy atom. The maximum atomic E-state index is 5.87. The van der Waals surface area contributed by atoms with Crippen LogP contribution in [-0.4, -0.2) is 42.7 Å². The third-order valence-electron chi connectivity index (χ3n) is 6.28. The summed E-state index contributed by atoms with van der Waals surface area (Å²) in [5.41, 5.74) is 3.28. The standard InChI is InChI=1S/C24H32O6/c1-9-14-13(2)21(15-10-17(26-4)18(27-5)11-16(15)25-3)23-22(14)19(28-6)12-20(29-7)24(23)30-8/h10-14,21H,9H2,1-8H3/t13-,14-,21+/m0/s1. The Bertz CT molecular complexity index is 907. The van der Waals surface area contributed by atoms with E-state index in [4.69, 9.17) is 28.4 Å². The molecule has 30 heavy (non-hydrogen) atoms. The molecule has 1 aliphatic carbocycles. The van der Waals surface area contributed by atoms with Crippen LogP contribution in [0.5, 0.6) is 34.5 Å². The highest BCUT2D eigenvalue weighted by Gasteiger charge is 2.44. The first-order chi connectivity index (χ1) is 14.5. The van der Waals surface area contributed by atoms with Gasteiger partial charge < -0.3 is 28.4 Å². The van der Waals surface area contributed by atoms with Crippen LogP contribution in [0.2, 0.25) is 0 Å². The highest BCUT2D eigenvalue weighted by molar-refractivity contribution is 5.66. The molecule has 1 aliphatic rings. The van der Waals surface area contributed by atoms with Crippen molar-refractivity contribution in [1.29, 1.82) is 0 Å². The van der Waals surface area contributed by atoms with Crippen molar-refractivity contribution in [3.8, 4) is 34.5 Å². The molecule has 0 aliphatic heterocycles. The van der Waals surface area contributed by atoms with Crippen LogP contribution < -0.4 is 28.4 Å². The number of rotatable bonds is 8. The molecule has 3 atom stereocenters. The molecule has 2 aromatic carbocycles. The van der Waals surface area contributed by atoms with Crippen LogP contribution in [0.1, 0.15) is 48.8 Å². The lowest BCUT2D eigenvalue weighted by Crippen LogP contribution is -2.11. The topological polar surface area (TPSA) is 55.4 Å². The average molecular weight is 417 g/mol. The van der Waals surface area contributed by atoms with Crippen molar-refractivity contribution in [1.82, 2.24) is 0 Å². The Morgan fingerprint density at radius 3 is 1.67 bits per heavy atom. The van der Waals surface area contributed by atoms with E-state index in [1.165, 1.54) is 5.56 Å². The van der Waals surface area contributed by atoms with E-state index in [2.05, 4.69) is 13.8 Å². The summed E-state index contributed by atoms with van der Waals surface area (Å²) in [6.07, 6.45) is 0.978. The first-order valence-corrected chi connectivity index (χ1v) is 10.1. The predicted molar refractivity (Wildman–Crippen MR) is 116 cm³/mol. The Morgan fingerprint density at radius 1 is 0.633 bits per heavy atom. The average Bonchev–Trinajstić information content (AvgIpc) is 3.08. The van der Waals surface area contributed by atoms with Gasteiger partial charge in [0.25, 0.3) is 0 Å². The van der Waals surface area contributed by atoms with Crippen molar-refractivity contribution in [2.24, 2.45) is 5.92 Å². The van der Waals surface area contributed by atoms with Gasteiger partial charge in [-0.15, -0.1) is 0 Å². The second-order valence-electron chi connectivity index (χ2n) is 7.44. The molecule has 164 valence electrons. The summed E-state index contributed by atoms with van der Waals surface area (Å²) in [4.78, 5) is 0. The molecule has 0 saturated heterocycles. The Kier molecular flexibility index (Phi) is 6.54. The van der Waals surface area contributed by atoms with Crippen molar-refractivity contribution >= 4 is 0 Å². The van der Waals surface area contributed by atoms with E-state index in [1.54, 1.807) is 42.7 Å². The second kappa shape index (κ2) is 8.94. The molecular weight excluding hydrogens is 384 g/mol. The molecule has 0 heterocycles. The molecule has 0 unspecified atom stereocenters. The van der Waals surface area contributed by atoms with Gasteiger partial charge in [0.1, 0.15) is 11.5 Å². The molecule has 0 saturated carbocycles. The minimum Gasteiger partial charge on any atom is -0.496 e. The first-order valence-electron chi connectivity index (χ1n) is 10.1. The number of benzene rings is 2. The number of hydrogen-bond donors (Lipinski definition) is 0. The number of methoxy groups -OCH3 is 6. The quantitative estimate of drug-likeness (QED) is 0.603. The van der Waals surface area contributed by atoms with Gasteiger partial charge in [-0.1, -0.05) is 13.8 Å². The fraction of sp³-hybridized carbons (Fsp3) is 0.500. The molecule has 0 spiro atoms. The summed E-state index contributed by atoms with van der Waals surface area (Å²) in [6.45, 7) is 4.47. The molecule has 0 N–H and O–H groups in total. The normalized spacial score (nSPS) is 19.8. The lowest BCUT2D eigenvalue weighted by Gasteiger charge is -2.25. The minimum absolute atomic E-state index is 0.0126. The van der Waals surface area contributed by atoms with E-state index in [1.807, 2.05) is 18.2 Å². The molecule has 0 amide bonds. The van der Waals surface area contributed by atoms with Crippen molar-refractivity contribution < 1.29 is 28.4 Å². The van der Waals surface area contributed by atoms with Crippen molar-refractivity contribution in [2.45, 2.75) is 32.1 Å². The van der Waals surface area contributed by atoms with E-state index in [9.17, 15) is 0 Å². The highest BCUT2D eigenvalue weighted by Crippen LogP contribution is 2.60. The van der Waals surface area contributed by atoms with Crippen molar-refractivity contribution in [3.05, 3.63) is 34.9 Å². The molecule has 0 aromatic heterocycles. The van der Waals surface area contributed by atoms with E-state index >= 15 is 0 Å². The minimum atomic E-state index is 0.0126. The van der Waals surface area contributed by atoms with Crippen molar-refractivity contribution in [3.63, 3.8) is 0 Å². The van der Waals surface area contributed by atoms with Crippen LogP contribution in [0.15, 0.2) is 18.2 Å².